The van der Waals surface area contributed by atoms with Gasteiger partial charge in [-0.25, -0.2) is 0 Å². The van der Waals surface area contributed by atoms with Crippen LogP contribution in [0.25, 0.3) is 0 Å². The van der Waals surface area contributed by atoms with Gasteiger partial charge in [0.15, 0.2) is 0 Å². The first-order valence-electron chi connectivity index (χ1n) is 5.76. The number of nitrogens with one attached hydrogen (secondary N) is 1. The number of nitrogens with two attached hydrogens (primary N) is 1. The van der Waals surface area contributed by atoms with Crippen molar-refractivity contribution in [2.45, 2.75) is 19.9 Å². The molecule has 1 saturated heterocycles. The molecule has 0 aliphatic carbocycles. The van der Waals surface area contributed by atoms with Gasteiger partial charge in [0.2, 0.25) is 11.8 Å². The van der Waals surface area contributed by atoms with Crippen LogP contribution in [-0.4, -0.2) is 39.2 Å². The van der Waals surface area contributed by atoms with E-state index in [4.69, 9.17) is 18.0 Å². The summed E-state index contributed by atoms with van der Waals surface area (Å²) in [6.07, 6.45) is 0. The van der Waals surface area contributed by atoms with Crippen LogP contribution in [0, 0.1) is 6.92 Å². The van der Waals surface area contributed by atoms with E-state index in [2.05, 4.69) is 10.4 Å². The summed E-state index contributed by atoms with van der Waals surface area (Å²) >= 11 is 5.03. The highest BCUT2D eigenvalue weighted by molar-refractivity contribution is 7.80. The lowest BCUT2D eigenvalue weighted by Crippen LogP contribution is -2.57. The van der Waals surface area contributed by atoms with Crippen molar-refractivity contribution in [3.63, 3.8) is 0 Å². The average Bonchev–Trinajstić information content (AvgIpc) is 2.58. The molecular formula is C11H15N5O2S. The molecule has 7 nitrogen and oxygen atoms in total. The monoisotopic (exact) mass is 281 g/mol. The minimum absolute atomic E-state index is 0.0709. The SMILES string of the molecule is Cc1nn(C)c(N2CC(=O)NC(=O)C2C)c1C(N)=S. The Hall–Kier alpha value is -1.96. The number of nitrogens with zero attached hydrogens (tertiary/aromatic N) is 3. The van der Waals surface area contributed by atoms with Crippen LogP contribution in [0.5, 0.6) is 0 Å². The standard InChI is InChI=1S/C11H15N5O2S/c1-5-8(9(12)19)11(15(3)14-5)16-4-7(17)13-10(18)6(16)2/h6H,4H2,1-3H3,(H2,12,19)(H,13,17,18). The molecule has 1 aliphatic heterocycles. The third-order valence-corrected chi connectivity index (χ3v) is 3.34. The summed E-state index contributed by atoms with van der Waals surface area (Å²) in [6.45, 7) is 3.57. The minimum Gasteiger partial charge on any atom is -0.389 e. The minimum atomic E-state index is -0.486. The molecule has 0 radical (unpaired) electrons. The quantitative estimate of drug-likeness (QED) is 0.545. The maximum Gasteiger partial charge on any atom is 0.249 e. The Balaban J connectivity index is 2.54. The predicted octanol–water partition coefficient (Wildman–Crippen LogP) is -0.786. The predicted molar refractivity (Wildman–Crippen MR) is 73.8 cm³/mol. The molecule has 2 rings (SSSR count). The molecule has 1 atom stereocenters. The second kappa shape index (κ2) is 4.61. The fourth-order valence-electron chi connectivity index (χ4n) is 2.24. The highest BCUT2D eigenvalue weighted by Crippen LogP contribution is 2.26. The van der Waals surface area contributed by atoms with Gasteiger partial charge < -0.3 is 10.6 Å². The number of thiocarbonyl (C=S) groups is 1. The highest BCUT2D eigenvalue weighted by atomic mass is 32.1. The number of aryl methyl sites for hydroxylation is 2. The highest BCUT2D eigenvalue weighted by Gasteiger charge is 2.34. The maximum absolute atomic E-state index is 11.7. The van der Waals surface area contributed by atoms with Gasteiger partial charge in [-0.1, -0.05) is 12.2 Å². The van der Waals surface area contributed by atoms with Crippen molar-refractivity contribution in [1.82, 2.24) is 15.1 Å². The second-order valence-corrected chi connectivity index (χ2v) is 4.93. The van der Waals surface area contributed by atoms with Gasteiger partial charge in [0, 0.05) is 7.05 Å². The summed E-state index contributed by atoms with van der Waals surface area (Å²) in [4.78, 5) is 25.1. The fraction of sp³-hybridized carbons (Fsp3) is 0.455. The zero-order chi connectivity index (χ0) is 14.3. The van der Waals surface area contributed by atoms with Crippen LogP contribution < -0.4 is 16.0 Å². The van der Waals surface area contributed by atoms with E-state index in [0.717, 1.165) is 0 Å². The molecule has 3 N–H and O–H groups in total. The molecule has 1 aliphatic rings. The molecule has 102 valence electrons. The number of piperazine rings is 1. The third-order valence-electron chi connectivity index (χ3n) is 3.13. The Labute approximate surface area is 115 Å². The van der Waals surface area contributed by atoms with Crippen molar-refractivity contribution in [3.8, 4) is 0 Å². The molecule has 0 saturated carbocycles. The van der Waals surface area contributed by atoms with E-state index in [9.17, 15) is 9.59 Å². The van der Waals surface area contributed by atoms with Crippen molar-refractivity contribution >= 4 is 34.8 Å². The zero-order valence-corrected chi connectivity index (χ0v) is 11.7. The zero-order valence-electron chi connectivity index (χ0n) is 10.9. The molecule has 2 heterocycles. The van der Waals surface area contributed by atoms with E-state index < -0.39 is 6.04 Å². The van der Waals surface area contributed by atoms with E-state index in [0.29, 0.717) is 17.1 Å². The van der Waals surface area contributed by atoms with E-state index in [1.807, 2.05) is 0 Å². The topological polar surface area (TPSA) is 93.2 Å². The summed E-state index contributed by atoms with van der Waals surface area (Å²) in [6, 6.07) is -0.486. The smallest absolute Gasteiger partial charge is 0.249 e. The summed E-state index contributed by atoms with van der Waals surface area (Å²) in [5, 5.41) is 6.55. The van der Waals surface area contributed by atoms with Crippen molar-refractivity contribution in [1.29, 1.82) is 0 Å². The molecule has 0 spiro atoms. The van der Waals surface area contributed by atoms with Crippen LogP contribution in [0.3, 0.4) is 0 Å². The molecule has 2 amide bonds. The molecule has 1 fully saturated rings. The second-order valence-electron chi connectivity index (χ2n) is 4.49. The molecule has 0 aromatic carbocycles. The van der Waals surface area contributed by atoms with Crippen molar-refractivity contribution in [3.05, 3.63) is 11.3 Å². The Bertz CT molecular complexity index is 580. The number of carbonyl (C=O) groups excluding carboxylic acids is 2. The summed E-state index contributed by atoms with van der Waals surface area (Å²) in [5.41, 5.74) is 7.00. The van der Waals surface area contributed by atoms with Gasteiger partial charge in [-0.15, -0.1) is 0 Å². The lowest BCUT2D eigenvalue weighted by atomic mass is 10.1. The number of hydrogen-bond acceptors (Lipinski definition) is 5. The number of amides is 2. The lowest BCUT2D eigenvalue weighted by molar-refractivity contribution is -0.132. The van der Waals surface area contributed by atoms with Crippen LogP contribution in [-0.2, 0) is 16.6 Å². The first-order valence-corrected chi connectivity index (χ1v) is 6.17. The number of rotatable bonds is 2. The molecule has 1 aromatic rings. The van der Waals surface area contributed by atoms with E-state index in [-0.39, 0.29) is 23.3 Å². The van der Waals surface area contributed by atoms with Crippen molar-refractivity contribution in [2.75, 3.05) is 11.4 Å². The van der Waals surface area contributed by atoms with Gasteiger partial charge in [-0.3, -0.25) is 19.6 Å². The number of hydrogen-bond donors (Lipinski definition) is 2. The molecule has 0 bridgehead atoms. The third kappa shape index (κ3) is 2.19. The molecule has 8 heteroatoms. The Morgan fingerprint density at radius 1 is 1.53 bits per heavy atom. The Kier molecular flexibility index (Phi) is 3.27. The van der Waals surface area contributed by atoms with Gasteiger partial charge in [0.05, 0.1) is 17.8 Å². The average molecular weight is 281 g/mol. The van der Waals surface area contributed by atoms with Crippen molar-refractivity contribution < 1.29 is 9.59 Å². The van der Waals surface area contributed by atoms with E-state index in [1.165, 1.54) is 0 Å². The van der Waals surface area contributed by atoms with Crippen LogP contribution in [0.15, 0.2) is 0 Å². The number of carbonyl (C=O) groups is 2. The number of aromatic nitrogens is 2. The van der Waals surface area contributed by atoms with Gasteiger partial charge in [0.25, 0.3) is 0 Å². The molecule has 1 unspecified atom stereocenters. The van der Waals surface area contributed by atoms with Gasteiger partial charge >= 0.3 is 0 Å². The first kappa shape index (κ1) is 13.5. The number of imide groups is 1. The first-order chi connectivity index (χ1) is 8.82. The Morgan fingerprint density at radius 2 is 2.16 bits per heavy atom. The van der Waals surface area contributed by atoms with Crippen LogP contribution in [0.2, 0.25) is 0 Å². The summed E-state index contributed by atoms with van der Waals surface area (Å²) in [7, 11) is 1.73. The van der Waals surface area contributed by atoms with Crippen LogP contribution in [0.4, 0.5) is 5.82 Å². The summed E-state index contributed by atoms with van der Waals surface area (Å²) < 4.78 is 1.59. The van der Waals surface area contributed by atoms with E-state index >= 15 is 0 Å². The molecule has 19 heavy (non-hydrogen) atoms. The van der Waals surface area contributed by atoms with Crippen LogP contribution >= 0.6 is 12.2 Å². The van der Waals surface area contributed by atoms with E-state index in [1.54, 1.807) is 30.5 Å². The normalized spacial score (nSPS) is 19.5. The largest absolute Gasteiger partial charge is 0.389 e. The maximum atomic E-state index is 11.7. The Morgan fingerprint density at radius 3 is 2.74 bits per heavy atom. The van der Waals surface area contributed by atoms with Gasteiger partial charge in [-0.05, 0) is 13.8 Å². The summed E-state index contributed by atoms with van der Waals surface area (Å²) in [5.74, 6) is -0.0967. The lowest BCUT2D eigenvalue weighted by Gasteiger charge is -2.33. The van der Waals surface area contributed by atoms with Gasteiger partial charge in [-0.2, -0.15) is 5.10 Å². The number of anilines is 1. The molecule has 1 aromatic heterocycles. The van der Waals surface area contributed by atoms with Crippen molar-refractivity contribution in [2.24, 2.45) is 12.8 Å². The van der Waals surface area contributed by atoms with Crippen LogP contribution in [0.1, 0.15) is 18.2 Å². The van der Waals surface area contributed by atoms with Gasteiger partial charge in [0.1, 0.15) is 16.8 Å². The molecular weight excluding hydrogens is 266 g/mol. The fourth-order valence-corrected chi connectivity index (χ4v) is 2.48.